The van der Waals surface area contributed by atoms with Crippen molar-refractivity contribution in [3.8, 4) is 0 Å². The lowest BCUT2D eigenvalue weighted by molar-refractivity contribution is -0.143. The number of ether oxygens (including phenoxy) is 2. The number of hydrogen-bond acceptors (Lipinski definition) is 4. The topological polar surface area (TPSA) is 52.6 Å². The van der Waals surface area contributed by atoms with Crippen molar-refractivity contribution in [1.29, 1.82) is 0 Å². The van der Waals surface area contributed by atoms with Crippen molar-refractivity contribution in [2.75, 3.05) is 6.61 Å². The Morgan fingerprint density at radius 3 is 2.31 bits per heavy atom. The van der Waals surface area contributed by atoms with Gasteiger partial charge in [-0.15, -0.1) is 0 Å². The summed E-state index contributed by atoms with van der Waals surface area (Å²) in [6.45, 7) is 8.73. The first-order valence-corrected chi connectivity index (χ1v) is 12.1. The molecule has 1 rings (SSSR count). The second-order valence-corrected chi connectivity index (χ2v) is 8.69. The molecule has 0 amide bonds. The van der Waals surface area contributed by atoms with E-state index in [0.717, 1.165) is 32.1 Å². The highest BCUT2D eigenvalue weighted by molar-refractivity contribution is 5.89. The molecular formula is C28H42O4. The lowest BCUT2D eigenvalue weighted by atomic mass is 10.0. The van der Waals surface area contributed by atoms with Gasteiger partial charge in [-0.1, -0.05) is 68.0 Å². The SMILES string of the molecule is CCCCCCCC(CCC(=O)OCC=C(C)CCC=C(C)C)OC(=O)c1ccccc1. The molecule has 0 aliphatic heterocycles. The van der Waals surface area contributed by atoms with Crippen molar-refractivity contribution in [3.05, 3.63) is 59.2 Å². The number of carbonyl (C=O) groups is 2. The van der Waals surface area contributed by atoms with Gasteiger partial charge in [-0.2, -0.15) is 0 Å². The highest BCUT2D eigenvalue weighted by Gasteiger charge is 2.17. The largest absolute Gasteiger partial charge is 0.461 e. The van der Waals surface area contributed by atoms with Gasteiger partial charge >= 0.3 is 11.9 Å². The first-order chi connectivity index (χ1) is 15.4. The molecule has 0 radical (unpaired) electrons. The predicted molar refractivity (Wildman–Crippen MR) is 132 cm³/mol. The third-order valence-corrected chi connectivity index (χ3v) is 5.35. The maximum atomic E-state index is 12.5. The van der Waals surface area contributed by atoms with Crippen LogP contribution in [-0.4, -0.2) is 24.6 Å². The highest BCUT2D eigenvalue weighted by atomic mass is 16.5. The Bertz CT molecular complexity index is 714. The van der Waals surface area contributed by atoms with Gasteiger partial charge in [0, 0.05) is 6.42 Å². The summed E-state index contributed by atoms with van der Waals surface area (Å²) in [6.07, 6.45) is 13.1. The molecule has 0 saturated heterocycles. The quantitative estimate of drug-likeness (QED) is 0.150. The molecule has 0 spiro atoms. The molecule has 4 heteroatoms. The number of benzene rings is 1. The Hall–Kier alpha value is -2.36. The van der Waals surface area contributed by atoms with Crippen LogP contribution in [0.3, 0.4) is 0 Å². The summed E-state index contributed by atoms with van der Waals surface area (Å²) in [5.74, 6) is -0.572. The molecule has 1 atom stereocenters. The molecule has 32 heavy (non-hydrogen) atoms. The molecule has 0 N–H and O–H groups in total. The van der Waals surface area contributed by atoms with Crippen molar-refractivity contribution in [2.24, 2.45) is 0 Å². The van der Waals surface area contributed by atoms with Gasteiger partial charge in [-0.25, -0.2) is 4.79 Å². The third-order valence-electron chi connectivity index (χ3n) is 5.35. The minimum absolute atomic E-state index is 0.245. The number of unbranched alkanes of at least 4 members (excludes halogenated alkanes) is 4. The fourth-order valence-corrected chi connectivity index (χ4v) is 3.35. The van der Waals surface area contributed by atoms with Crippen LogP contribution in [0.2, 0.25) is 0 Å². The Balaban J connectivity index is 2.46. The van der Waals surface area contributed by atoms with Crippen molar-refractivity contribution in [2.45, 2.75) is 98.0 Å². The summed E-state index contributed by atoms with van der Waals surface area (Å²) >= 11 is 0. The van der Waals surface area contributed by atoms with E-state index >= 15 is 0 Å². The monoisotopic (exact) mass is 442 g/mol. The average Bonchev–Trinajstić information content (AvgIpc) is 2.77. The second kappa shape index (κ2) is 17.2. The molecule has 0 fully saturated rings. The maximum Gasteiger partial charge on any atom is 0.338 e. The normalized spacial score (nSPS) is 12.2. The van der Waals surface area contributed by atoms with E-state index in [2.05, 4.69) is 33.8 Å². The molecule has 178 valence electrons. The van der Waals surface area contributed by atoms with E-state index < -0.39 is 0 Å². The van der Waals surface area contributed by atoms with E-state index in [1.54, 1.807) is 12.1 Å². The van der Waals surface area contributed by atoms with Crippen LogP contribution in [-0.2, 0) is 14.3 Å². The van der Waals surface area contributed by atoms with Crippen LogP contribution >= 0.6 is 0 Å². The van der Waals surface area contributed by atoms with Gasteiger partial charge in [0.1, 0.15) is 12.7 Å². The van der Waals surface area contributed by atoms with Gasteiger partial charge in [0.2, 0.25) is 0 Å². The molecule has 0 aromatic heterocycles. The first-order valence-electron chi connectivity index (χ1n) is 12.1. The Morgan fingerprint density at radius 1 is 0.906 bits per heavy atom. The summed E-state index contributed by atoms with van der Waals surface area (Å²) in [4.78, 5) is 24.7. The lowest BCUT2D eigenvalue weighted by Crippen LogP contribution is -2.20. The fraction of sp³-hybridized carbons (Fsp3) is 0.571. The van der Waals surface area contributed by atoms with Gasteiger partial charge in [-0.05, 0) is 71.1 Å². The van der Waals surface area contributed by atoms with E-state index in [4.69, 9.17) is 9.47 Å². The molecule has 4 nitrogen and oxygen atoms in total. The van der Waals surface area contributed by atoms with Crippen molar-refractivity contribution >= 4 is 11.9 Å². The van der Waals surface area contributed by atoms with Crippen LogP contribution < -0.4 is 0 Å². The summed E-state index contributed by atoms with van der Waals surface area (Å²) < 4.78 is 11.1. The van der Waals surface area contributed by atoms with Gasteiger partial charge in [-0.3, -0.25) is 4.79 Å². The minimum Gasteiger partial charge on any atom is -0.461 e. The van der Waals surface area contributed by atoms with Crippen LogP contribution in [0.15, 0.2) is 53.6 Å². The zero-order chi connectivity index (χ0) is 23.6. The summed E-state index contributed by atoms with van der Waals surface area (Å²) in [5, 5.41) is 0. The number of allylic oxidation sites excluding steroid dienone is 3. The molecule has 1 unspecified atom stereocenters. The first kappa shape index (κ1) is 27.7. The van der Waals surface area contributed by atoms with Crippen molar-refractivity contribution in [1.82, 2.24) is 0 Å². The molecule has 1 aromatic carbocycles. The van der Waals surface area contributed by atoms with E-state index in [9.17, 15) is 9.59 Å². The summed E-state index contributed by atoms with van der Waals surface area (Å²) in [5.41, 5.74) is 3.08. The van der Waals surface area contributed by atoms with Gasteiger partial charge in [0.05, 0.1) is 5.56 Å². The lowest BCUT2D eigenvalue weighted by Gasteiger charge is -2.18. The molecule has 0 aliphatic carbocycles. The number of hydrogen-bond donors (Lipinski definition) is 0. The minimum atomic E-state index is -0.326. The third kappa shape index (κ3) is 13.8. The standard InChI is InChI=1S/C28H42O4/c1-5-6-7-8-12-18-26(32-28(30)25-16-10-9-11-17-25)19-20-27(29)31-22-21-24(4)15-13-14-23(2)3/h9-11,14,16-17,21,26H,5-8,12-13,15,18-20,22H2,1-4H3. The van der Waals surface area contributed by atoms with Crippen LogP contribution in [0.4, 0.5) is 0 Å². The molecule has 0 heterocycles. The van der Waals surface area contributed by atoms with Gasteiger partial charge < -0.3 is 9.47 Å². The van der Waals surface area contributed by atoms with Crippen LogP contribution in [0.5, 0.6) is 0 Å². The molecule has 0 aliphatic rings. The zero-order valence-electron chi connectivity index (χ0n) is 20.5. The predicted octanol–water partition coefficient (Wildman–Crippen LogP) is 7.59. The fourth-order valence-electron chi connectivity index (χ4n) is 3.35. The van der Waals surface area contributed by atoms with Crippen LogP contribution in [0, 0.1) is 0 Å². The maximum absolute atomic E-state index is 12.5. The number of esters is 2. The van der Waals surface area contributed by atoms with E-state index in [1.165, 1.54) is 30.4 Å². The van der Waals surface area contributed by atoms with E-state index in [-0.39, 0.29) is 24.5 Å². The second-order valence-electron chi connectivity index (χ2n) is 8.69. The Kier molecular flexibility index (Phi) is 14.9. The number of carbonyl (C=O) groups excluding carboxylic acids is 2. The van der Waals surface area contributed by atoms with Crippen molar-refractivity contribution in [3.63, 3.8) is 0 Å². The van der Waals surface area contributed by atoms with Gasteiger partial charge in [0.25, 0.3) is 0 Å². The van der Waals surface area contributed by atoms with E-state index in [1.807, 2.05) is 24.3 Å². The van der Waals surface area contributed by atoms with Gasteiger partial charge in [0.15, 0.2) is 0 Å². The summed E-state index contributed by atoms with van der Waals surface area (Å²) in [6, 6.07) is 9.02. The Labute approximate surface area is 195 Å². The molecule has 1 aromatic rings. The highest BCUT2D eigenvalue weighted by Crippen LogP contribution is 2.16. The number of rotatable bonds is 16. The molecular weight excluding hydrogens is 400 g/mol. The average molecular weight is 443 g/mol. The molecule has 0 bridgehead atoms. The summed E-state index contributed by atoms with van der Waals surface area (Å²) in [7, 11) is 0. The van der Waals surface area contributed by atoms with Crippen LogP contribution in [0.1, 0.15) is 102 Å². The van der Waals surface area contributed by atoms with Crippen LogP contribution in [0.25, 0.3) is 0 Å². The van der Waals surface area contributed by atoms with Crippen molar-refractivity contribution < 1.29 is 19.1 Å². The van der Waals surface area contributed by atoms with E-state index in [0.29, 0.717) is 18.6 Å². The zero-order valence-corrected chi connectivity index (χ0v) is 20.5. The Morgan fingerprint density at radius 2 is 1.62 bits per heavy atom. The molecule has 0 saturated carbocycles. The smallest absolute Gasteiger partial charge is 0.338 e.